The van der Waals surface area contributed by atoms with E-state index in [0.717, 1.165) is 5.56 Å². The van der Waals surface area contributed by atoms with Crippen LogP contribution in [0.3, 0.4) is 0 Å². The fourth-order valence-electron chi connectivity index (χ4n) is 2.08. The van der Waals surface area contributed by atoms with Gasteiger partial charge in [-0.25, -0.2) is 0 Å². The number of benzene rings is 1. The molecule has 6 nitrogen and oxygen atoms in total. The zero-order valence-electron chi connectivity index (χ0n) is 12.2. The molecule has 0 bridgehead atoms. The molecule has 6 heteroatoms. The summed E-state index contributed by atoms with van der Waals surface area (Å²) in [5.41, 5.74) is 0.746. The van der Waals surface area contributed by atoms with E-state index >= 15 is 0 Å². The van der Waals surface area contributed by atoms with Gasteiger partial charge in [-0.2, -0.15) is 0 Å². The number of hydrogen-bond acceptors (Lipinski definition) is 5. The zero-order valence-corrected chi connectivity index (χ0v) is 12.2. The van der Waals surface area contributed by atoms with Crippen LogP contribution in [-0.2, 0) is 23.8 Å². The minimum atomic E-state index is -1.03. The van der Waals surface area contributed by atoms with Gasteiger partial charge in [0.05, 0.1) is 6.10 Å². The maximum Gasteiger partial charge on any atom is 0.303 e. The lowest BCUT2D eigenvalue weighted by molar-refractivity contribution is -0.246. The average molecular weight is 293 g/mol. The molecule has 1 aliphatic rings. The Morgan fingerprint density at radius 1 is 1.29 bits per heavy atom. The van der Waals surface area contributed by atoms with Gasteiger partial charge in [-0.1, -0.05) is 30.3 Å². The smallest absolute Gasteiger partial charge is 0.303 e. The number of carbonyl (C=O) groups excluding carboxylic acids is 2. The first kappa shape index (κ1) is 15.5. The third-order valence-corrected chi connectivity index (χ3v) is 2.88. The van der Waals surface area contributed by atoms with E-state index in [9.17, 15) is 9.59 Å². The molecular formula is C15H19NO5. The van der Waals surface area contributed by atoms with Crippen LogP contribution in [0.25, 0.3) is 0 Å². The molecule has 1 amide bonds. The predicted molar refractivity (Wildman–Crippen MR) is 74.0 cm³/mol. The summed E-state index contributed by atoms with van der Waals surface area (Å²) in [6, 6.07) is 9.14. The van der Waals surface area contributed by atoms with E-state index < -0.39 is 30.5 Å². The Morgan fingerprint density at radius 3 is 2.52 bits per heavy atom. The fraction of sp³-hybridized carbons (Fsp3) is 0.467. The monoisotopic (exact) mass is 293 g/mol. The first-order valence-electron chi connectivity index (χ1n) is 6.81. The molecule has 1 aromatic carbocycles. The molecule has 3 atom stereocenters. The molecule has 1 aromatic rings. The van der Waals surface area contributed by atoms with Gasteiger partial charge in [-0.05, 0) is 19.4 Å². The van der Waals surface area contributed by atoms with E-state index in [-0.39, 0.29) is 6.10 Å². The van der Waals surface area contributed by atoms with Crippen LogP contribution in [0.1, 0.15) is 32.4 Å². The Balaban J connectivity index is 2.23. The van der Waals surface area contributed by atoms with Crippen LogP contribution in [0.2, 0.25) is 0 Å². The second-order valence-corrected chi connectivity index (χ2v) is 5.02. The van der Waals surface area contributed by atoms with E-state index in [1.54, 1.807) is 0 Å². The highest BCUT2D eigenvalue weighted by Crippen LogP contribution is 2.28. The van der Waals surface area contributed by atoms with Crippen molar-refractivity contribution in [2.45, 2.75) is 45.5 Å². The van der Waals surface area contributed by atoms with E-state index in [4.69, 9.17) is 14.2 Å². The van der Waals surface area contributed by atoms with Crippen molar-refractivity contribution in [1.29, 1.82) is 0 Å². The number of rotatable bonds is 4. The molecule has 1 heterocycles. The maximum atomic E-state index is 12.2. The quantitative estimate of drug-likeness (QED) is 0.852. The van der Waals surface area contributed by atoms with Crippen LogP contribution in [-0.4, -0.2) is 30.5 Å². The van der Waals surface area contributed by atoms with Crippen molar-refractivity contribution in [3.05, 3.63) is 35.9 Å². The van der Waals surface area contributed by atoms with Crippen molar-refractivity contribution in [3.8, 4) is 0 Å². The summed E-state index contributed by atoms with van der Waals surface area (Å²) in [6.45, 7) is 4.93. The van der Waals surface area contributed by atoms with Crippen molar-refractivity contribution in [1.82, 2.24) is 5.32 Å². The van der Waals surface area contributed by atoms with Gasteiger partial charge in [0.25, 0.3) is 5.91 Å². The van der Waals surface area contributed by atoms with Crippen LogP contribution in [0.15, 0.2) is 30.3 Å². The Labute approximate surface area is 123 Å². The Kier molecular flexibility index (Phi) is 4.93. The second-order valence-electron chi connectivity index (χ2n) is 5.02. The van der Waals surface area contributed by atoms with Gasteiger partial charge in [-0.3, -0.25) is 9.59 Å². The third-order valence-electron chi connectivity index (χ3n) is 2.88. The fourth-order valence-corrected chi connectivity index (χ4v) is 2.08. The first-order chi connectivity index (χ1) is 9.97. The molecule has 1 N–H and O–H groups in total. The molecular weight excluding hydrogens is 274 g/mol. The Morgan fingerprint density at radius 2 is 1.95 bits per heavy atom. The van der Waals surface area contributed by atoms with Crippen molar-refractivity contribution in [2.75, 3.05) is 0 Å². The number of esters is 1. The molecule has 0 spiro atoms. The molecule has 1 aliphatic heterocycles. The van der Waals surface area contributed by atoms with Gasteiger partial charge in [0.15, 0.2) is 0 Å². The highest BCUT2D eigenvalue weighted by molar-refractivity contribution is 5.84. The summed E-state index contributed by atoms with van der Waals surface area (Å²) < 4.78 is 16.3. The predicted octanol–water partition coefficient (Wildman–Crippen LogP) is 1.51. The van der Waals surface area contributed by atoms with Gasteiger partial charge in [-0.15, -0.1) is 0 Å². The minimum Gasteiger partial charge on any atom is -0.449 e. The lowest BCUT2D eigenvalue weighted by atomic mass is 10.0. The SMILES string of the molecule is CC(=O)O[C@@H]1C(=O)N[C@H](OC(C)C)O[C@@H]1c1ccccc1. The molecule has 0 unspecified atom stereocenters. The molecule has 1 saturated heterocycles. The lowest BCUT2D eigenvalue weighted by Crippen LogP contribution is -2.55. The van der Waals surface area contributed by atoms with Crippen molar-refractivity contribution in [2.24, 2.45) is 0 Å². The van der Waals surface area contributed by atoms with Gasteiger partial charge in [0, 0.05) is 6.92 Å². The van der Waals surface area contributed by atoms with Gasteiger partial charge >= 0.3 is 5.97 Å². The van der Waals surface area contributed by atoms with Crippen LogP contribution in [0.4, 0.5) is 0 Å². The third kappa shape index (κ3) is 4.03. The van der Waals surface area contributed by atoms with Crippen LogP contribution < -0.4 is 5.32 Å². The minimum absolute atomic E-state index is 0.114. The molecule has 0 radical (unpaired) electrons. The molecule has 0 aromatic heterocycles. The van der Waals surface area contributed by atoms with Gasteiger partial charge in [0.1, 0.15) is 6.10 Å². The summed E-state index contributed by atoms with van der Waals surface area (Å²) in [5, 5.41) is 2.54. The summed E-state index contributed by atoms with van der Waals surface area (Å²) in [7, 11) is 0. The Hall–Kier alpha value is -1.92. The number of carbonyl (C=O) groups is 2. The normalized spacial score (nSPS) is 25.5. The molecule has 1 fully saturated rings. The van der Waals surface area contributed by atoms with Crippen LogP contribution >= 0.6 is 0 Å². The van der Waals surface area contributed by atoms with Gasteiger partial charge < -0.3 is 19.5 Å². The summed E-state index contributed by atoms with van der Waals surface area (Å²) in [6.07, 6.45) is -2.71. The molecule has 2 rings (SSSR count). The Bertz CT molecular complexity index is 502. The van der Waals surface area contributed by atoms with Crippen LogP contribution in [0.5, 0.6) is 0 Å². The number of ether oxygens (including phenoxy) is 3. The van der Waals surface area contributed by atoms with Crippen LogP contribution in [0, 0.1) is 0 Å². The molecule has 114 valence electrons. The molecule has 0 saturated carbocycles. The van der Waals surface area contributed by atoms with E-state index in [0.29, 0.717) is 0 Å². The molecule has 21 heavy (non-hydrogen) atoms. The first-order valence-corrected chi connectivity index (χ1v) is 6.81. The largest absolute Gasteiger partial charge is 0.449 e. The topological polar surface area (TPSA) is 73.9 Å². The summed E-state index contributed by atoms with van der Waals surface area (Å²) >= 11 is 0. The highest BCUT2D eigenvalue weighted by Gasteiger charge is 2.41. The second kappa shape index (κ2) is 6.69. The van der Waals surface area contributed by atoms with Crippen molar-refractivity contribution >= 4 is 11.9 Å². The van der Waals surface area contributed by atoms with Crippen molar-refractivity contribution < 1.29 is 23.8 Å². The maximum absolute atomic E-state index is 12.2. The zero-order chi connectivity index (χ0) is 15.4. The summed E-state index contributed by atoms with van der Waals surface area (Å²) in [4.78, 5) is 23.4. The van der Waals surface area contributed by atoms with E-state index in [1.165, 1.54) is 6.92 Å². The average Bonchev–Trinajstić information content (AvgIpc) is 2.41. The van der Waals surface area contributed by atoms with Crippen molar-refractivity contribution in [3.63, 3.8) is 0 Å². The van der Waals surface area contributed by atoms with E-state index in [1.807, 2.05) is 44.2 Å². The van der Waals surface area contributed by atoms with E-state index in [2.05, 4.69) is 5.32 Å². The highest BCUT2D eigenvalue weighted by atomic mass is 16.7. The lowest BCUT2D eigenvalue weighted by Gasteiger charge is -2.36. The van der Waals surface area contributed by atoms with Gasteiger partial charge in [0.2, 0.25) is 12.5 Å². The number of nitrogens with one attached hydrogen (secondary N) is 1. The standard InChI is InChI=1S/C15H19NO5/c1-9(2)19-15-16-14(18)13(20-10(3)17)12(21-15)11-7-5-4-6-8-11/h4-9,12-13,15H,1-3H3,(H,16,18)/t12-,13+,15-/m1/s1. The molecule has 0 aliphatic carbocycles. The number of hydrogen-bond donors (Lipinski definition) is 1. The summed E-state index contributed by atoms with van der Waals surface area (Å²) in [5.74, 6) is -0.973. The number of amides is 1.